The average molecular weight is 290 g/mol. The minimum atomic E-state index is -3.41. The van der Waals surface area contributed by atoms with Gasteiger partial charge in [0, 0.05) is 18.6 Å². The van der Waals surface area contributed by atoms with Crippen LogP contribution >= 0.6 is 11.6 Å². The summed E-state index contributed by atoms with van der Waals surface area (Å²) in [5, 5.41) is 0.600. The molecule has 1 aromatic rings. The van der Waals surface area contributed by atoms with Gasteiger partial charge in [0.05, 0.1) is 4.90 Å². The highest BCUT2D eigenvalue weighted by Crippen LogP contribution is 2.25. The molecule has 0 saturated heterocycles. The first-order chi connectivity index (χ1) is 8.30. The fraction of sp³-hybridized carbons (Fsp3) is 0.538. The molecular weight excluding hydrogens is 270 g/mol. The van der Waals surface area contributed by atoms with Crippen LogP contribution in [0.5, 0.6) is 0 Å². The van der Waals surface area contributed by atoms with Gasteiger partial charge >= 0.3 is 0 Å². The average Bonchev–Trinajstić information content (AvgIpc) is 2.30. The fourth-order valence-corrected chi connectivity index (χ4v) is 3.42. The molecule has 0 aliphatic carbocycles. The molecule has 0 bridgehead atoms. The lowest BCUT2D eigenvalue weighted by molar-refractivity contribution is 0.459. The van der Waals surface area contributed by atoms with Crippen molar-refractivity contribution in [1.82, 2.24) is 4.31 Å². The van der Waals surface area contributed by atoms with Crippen LogP contribution in [0.25, 0.3) is 0 Å². The van der Waals surface area contributed by atoms with Crippen LogP contribution in [0.15, 0.2) is 17.0 Å². The molecule has 5 heteroatoms. The van der Waals surface area contributed by atoms with E-state index < -0.39 is 10.0 Å². The van der Waals surface area contributed by atoms with Gasteiger partial charge in [0.1, 0.15) is 0 Å². The highest BCUT2D eigenvalue weighted by atomic mass is 35.5. The van der Waals surface area contributed by atoms with E-state index in [9.17, 15) is 8.42 Å². The number of unbranched alkanes of at least 4 members (excludes halogenated alkanes) is 1. The van der Waals surface area contributed by atoms with Crippen molar-refractivity contribution < 1.29 is 8.42 Å². The van der Waals surface area contributed by atoms with Gasteiger partial charge in [-0.3, -0.25) is 0 Å². The van der Waals surface area contributed by atoms with Crippen LogP contribution in [0.4, 0.5) is 0 Å². The second-order valence-corrected chi connectivity index (χ2v) is 6.97. The predicted molar refractivity (Wildman–Crippen MR) is 75.6 cm³/mol. The van der Waals surface area contributed by atoms with Crippen molar-refractivity contribution in [3.63, 3.8) is 0 Å². The van der Waals surface area contributed by atoms with E-state index in [1.807, 2.05) is 13.8 Å². The van der Waals surface area contributed by atoms with Gasteiger partial charge in [-0.2, -0.15) is 0 Å². The Balaban J connectivity index is 3.16. The Labute approximate surface area is 115 Å². The van der Waals surface area contributed by atoms with E-state index in [4.69, 9.17) is 11.6 Å². The lowest BCUT2D eigenvalue weighted by atomic mass is 10.2. The summed E-state index contributed by atoms with van der Waals surface area (Å²) in [6, 6.07) is 3.35. The standard InChI is InChI=1S/C13H20ClNO2S/c1-5-6-7-15(4)18(16,17)13-9-10(2)12(14)8-11(13)3/h8-9H,5-7H2,1-4H3. The maximum absolute atomic E-state index is 12.4. The molecule has 0 radical (unpaired) electrons. The van der Waals surface area contributed by atoms with E-state index in [-0.39, 0.29) is 0 Å². The SMILES string of the molecule is CCCCN(C)S(=O)(=O)c1cc(C)c(Cl)cc1C. The third kappa shape index (κ3) is 3.25. The van der Waals surface area contributed by atoms with Gasteiger partial charge in [-0.25, -0.2) is 12.7 Å². The molecule has 0 aliphatic rings. The molecule has 0 unspecified atom stereocenters. The van der Waals surface area contributed by atoms with Gasteiger partial charge in [0.2, 0.25) is 10.0 Å². The molecule has 0 aromatic heterocycles. The Morgan fingerprint density at radius 1 is 1.22 bits per heavy atom. The molecule has 3 nitrogen and oxygen atoms in total. The minimum Gasteiger partial charge on any atom is -0.207 e. The van der Waals surface area contributed by atoms with Crippen molar-refractivity contribution in [2.24, 2.45) is 0 Å². The fourth-order valence-electron chi connectivity index (χ4n) is 1.70. The third-order valence-electron chi connectivity index (χ3n) is 2.97. The van der Waals surface area contributed by atoms with Crippen molar-refractivity contribution >= 4 is 21.6 Å². The molecular formula is C13H20ClNO2S. The lowest BCUT2D eigenvalue weighted by Gasteiger charge is -2.19. The molecule has 1 rings (SSSR count). The van der Waals surface area contributed by atoms with Gasteiger partial charge in [0.25, 0.3) is 0 Å². The maximum Gasteiger partial charge on any atom is 0.243 e. The van der Waals surface area contributed by atoms with Crippen molar-refractivity contribution in [2.75, 3.05) is 13.6 Å². The first-order valence-corrected chi connectivity index (χ1v) is 7.85. The Morgan fingerprint density at radius 2 is 1.83 bits per heavy atom. The van der Waals surface area contributed by atoms with Crippen molar-refractivity contribution in [1.29, 1.82) is 0 Å². The van der Waals surface area contributed by atoms with E-state index in [0.717, 1.165) is 18.4 Å². The number of halogens is 1. The number of nitrogens with zero attached hydrogens (tertiary/aromatic N) is 1. The Bertz CT molecular complexity index is 526. The summed E-state index contributed by atoms with van der Waals surface area (Å²) >= 11 is 5.99. The Kier molecular flexibility index (Phi) is 5.20. The van der Waals surface area contributed by atoms with Gasteiger partial charge in [0.15, 0.2) is 0 Å². The number of benzene rings is 1. The molecule has 102 valence electrons. The quantitative estimate of drug-likeness (QED) is 0.833. The Morgan fingerprint density at radius 3 is 2.39 bits per heavy atom. The summed E-state index contributed by atoms with van der Waals surface area (Å²) in [6.07, 6.45) is 1.83. The predicted octanol–water partition coefficient (Wildman–Crippen LogP) is 3.38. The first-order valence-electron chi connectivity index (χ1n) is 6.03. The first kappa shape index (κ1) is 15.5. The van der Waals surface area contributed by atoms with Gasteiger partial charge < -0.3 is 0 Å². The van der Waals surface area contributed by atoms with Crippen LogP contribution in [-0.4, -0.2) is 26.3 Å². The molecule has 0 N–H and O–H groups in total. The molecule has 0 heterocycles. The normalized spacial score (nSPS) is 12.1. The monoisotopic (exact) mass is 289 g/mol. The third-order valence-corrected chi connectivity index (χ3v) is 5.38. The summed E-state index contributed by atoms with van der Waals surface area (Å²) in [5.74, 6) is 0. The molecule has 0 spiro atoms. The van der Waals surface area contributed by atoms with Crippen LogP contribution in [0, 0.1) is 13.8 Å². The van der Waals surface area contributed by atoms with Crippen LogP contribution in [0.2, 0.25) is 5.02 Å². The topological polar surface area (TPSA) is 37.4 Å². The molecule has 0 aliphatic heterocycles. The summed E-state index contributed by atoms with van der Waals surface area (Å²) in [4.78, 5) is 0.350. The summed E-state index contributed by atoms with van der Waals surface area (Å²) in [5.41, 5.74) is 1.47. The molecule has 0 amide bonds. The Hall–Kier alpha value is -0.580. The van der Waals surface area contributed by atoms with Crippen LogP contribution in [0.3, 0.4) is 0 Å². The van der Waals surface area contributed by atoms with E-state index in [0.29, 0.717) is 22.0 Å². The number of sulfonamides is 1. The van der Waals surface area contributed by atoms with Crippen molar-refractivity contribution in [3.05, 3.63) is 28.3 Å². The molecule has 1 aromatic carbocycles. The smallest absolute Gasteiger partial charge is 0.207 e. The van der Waals surface area contributed by atoms with Gasteiger partial charge in [-0.15, -0.1) is 0 Å². The van der Waals surface area contributed by atoms with E-state index in [1.165, 1.54) is 4.31 Å². The largest absolute Gasteiger partial charge is 0.243 e. The van der Waals surface area contributed by atoms with Crippen LogP contribution in [-0.2, 0) is 10.0 Å². The zero-order valence-electron chi connectivity index (χ0n) is 11.3. The molecule has 0 saturated carbocycles. The molecule has 18 heavy (non-hydrogen) atoms. The van der Waals surface area contributed by atoms with Crippen molar-refractivity contribution in [3.8, 4) is 0 Å². The number of aryl methyl sites for hydroxylation is 2. The van der Waals surface area contributed by atoms with Crippen LogP contribution < -0.4 is 0 Å². The molecule has 0 fully saturated rings. The zero-order chi connectivity index (χ0) is 13.9. The number of hydrogen-bond donors (Lipinski definition) is 0. The summed E-state index contributed by atoms with van der Waals surface area (Å²) < 4.78 is 26.2. The zero-order valence-corrected chi connectivity index (χ0v) is 12.9. The molecule has 0 atom stereocenters. The minimum absolute atomic E-state index is 0.350. The highest BCUT2D eigenvalue weighted by Gasteiger charge is 2.22. The number of rotatable bonds is 5. The van der Waals surface area contributed by atoms with E-state index >= 15 is 0 Å². The summed E-state index contributed by atoms with van der Waals surface area (Å²) in [6.45, 7) is 6.16. The van der Waals surface area contributed by atoms with Crippen molar-refractivity contribution in [2.45, 2.75) is 38.5 Å². The second-order valence-electron chi connectivity index (χ2n) is 4.55. The van der Waals surface area contributed by atoms with Gasteiger partial charge in [-0.1, -0.05) is 24.9 Å². The maximum atomic E-state index is 12.4. The number of hydrogen-bond acceptors (Lipinski definition) is 2. The second kappa shape index (κ2) is 6.04. The summed E-state index contributed by atoms with van der Waals surface area (Å²) in [7, 11) is -1.79. The van der Waals surface area contributed by atoms with Crippen LogP contribution in [0.1, 0.15) is 30.9 Å². The highest BCUT2D eigenvalue weighted by molar-refractivity contribution is 7.89. The lowest BCUT2D eigenvalue weighted by Crippen LogP contribution is -2.28. The van der Waals surface area contributed by atoms with E-state index in [1.54, 1.807) is 26.1 Å². The van der Waals surface area contributed by atoms with E-state index in [2.05, 4.69) is 0 Å². The van der Waals surface area contributed by atoms with Gasteiger partial charge in [-0.05, 0) is 43.5 Å².